The van der Waals surface area contributed by atoms with Gasteiger partial charge in [0.05, 0.1) is 26.0 Å². The van der Waals surface area contributed by atoms with Crippen LogP contribution in [0.2, 0.25) is 0 Å². The molecule has 94 valence electrons. The summed E-state index contributed by atoms with van der Waals surface area (Å²) in [5.74, 6) is 1.01. The molecule has 2 rings (SSSR count). The fourth-order valence-electron chi connectivity index (χ4n) is 1.60. The number of nitrogens with one attached hydrogen (secondary N) is 1. The average molecular weight is 235 g/mol. The third-order valence-electron chi connectivity index (χ3n) is 2.90. The molecule has 1 aromatic rings. The van der Waals surface area contributed by atoms with Crippen LogP contribution < -0.4 is 5.32 Å². The second kappa shape index (κ2) is 6.03. The standard InChI is InChI=1S/C14H21NO2/c1-11(2)5-7-16-10-12-6-8-17-14(12)9-15-13-3-4-13/h6,8,13,15H,1,3-5,7,9-10H2,2H3. The molecule has 0 radical (unpaired) electrons. The maximum Gasteiger partial charge on any atom is 0.123 e. The van der Waals surface area contributed by atoms with Gasteiger partial charge in [0.1, 0.15) is 5.76 Å². The predicted octanol–water partition coefficient (Wildman–Crippen LogP) is 3.01. The first-order valence-corrected chi connectivity index (χ1v) is 6.26. The molecule has 0 aliphatic heterocycles. The van der Waals surface area contributed by atoms with Crippen LogP contribution in [-0.2, 0) is 17.9 Å². The Morgan fingerprint density at radius 3 is 3.12 bits per heavy atom. The van der Waals surface area contributed by atoms with Crippen molar-refractivity contribution in [2.24, 2.45) is 0 Å². The van der Waals surface area contributed by atoms with E-state index in [1.165, 1.54) is 12.8 Å². The number of ether oxygens (including phenoxy) is 1. The highest BCUT2D eigenvalue weighted by Gasteiger charge is 2.21. The van der Waals surface area contributed by atoms with E-state index < -0.39 is 0 Å². The Bertz CT molecular complexity index is 366. The summed E-state index contributed by atoms with van der Waals surface area (Å²) < 4.78 is 11.1. The molecule has 17 heavy (non-hydrogen) atoms. The van der Waals surface area contributed by atoms with Gasteiger partial charge in [-0.05, 0) is 32.3 Å². The Balaban J connectivity index is 1.71. The highest BCUT2D eigenvalue weighted by atomic mass is 16.5. The number of rotatable bonds is 8. The van der Waals surface area contributed by atoms with Crippen molar-refractivity contribution >= 4 is 0 Å². The molecular weight excluding hydrogens is 214 g/mol. The van der Waals surface area contributed by atoms with Crippen molar-refractivity contribution in [1.82, 2.24) is 5.32 Å². The van der Waals surface area contributed by atoms with Crippen LogP contribution in [0.4, 0.5) is 0 Å². The maximum atomic E-state index is 5.60. The van der Waals surface area contributed by atoms with Crippen molar-refractivity contribution in [2.75, 3.05) is 6.61 Å². The average Bonchev–Trinajstić information content (AvgIpc) is 3.02. The van der Waals surface area contributed by atoms with Crippen molar-refractivity contribution in [2.45, 2.75) is 45.4 Å². The Labute approximate surface area is 103 Å². The summed E-state index contributed by atoms with van der Waals surface area (Å²) in [5, 5.41) is 3.44. The van der Waals surface area contributed by atoms with Crippen molar-refractivity contribution in [3.05, 3.63) is 35.8 Å². The van der Waals surface area contributed by atoms with Crippen LogP contribution in [0.15, 0.2) is 28.9 Å². The zero-order valence-corrected chi connectivity index (χ0v) is 10.5. The van der Waals surface area contributed by atoms with Crippen LogP contribution in [-0.4, -0.2) is 12.6 Å². The quantitative estimate of drug-likeness (QED) is 0.555. The minimum absolute atomic E-state index is 0.630. The molecule has 1 aliphatic rings. The highest BCUT2D eigenvalue weighted by Crippen LogP contribution is 2.20. The van der Waals surface area contributed by atoms with E-state index in [9.17, 15) is 0 Å². The third-order valence-corrected chi connectivity index (χ3v) is 2.90. The fourth-order valence-corrected chi connectivity index (χ4v) is 1.60. The smallest absolute Gasteiger partial charge is 0.123 e. The summed E-state index contributed by atoms with van der Waals surface area (Å²) in [6.07, 6.45) is 5.26. The lowest BCUT2D eigenvalue weighted by Gasteiger charge is -2.05. The Morgan fingerprint density at radius 1 is 1.59 bits per heavy atom. The van der Waals surface area contributed by atoms with Crippen LogP contribution >= 0.6 is 0 Å². The zero-order chi connectivity index (χ0) is 12.1. The van der Waals surface area contributed by atoms with Crippen molar-refractivity contribution in [1.29, 1.82) is 0 Å². The second-order valence-corrected chi connectivity index (χ2v) is 4.78. The van der Waals surface area contributed by atoms with E-state index in [-0.39, 0.29) is 0 Å². The summed E-state index contributed by atoms with van der Waals surface area (Å²) in [6.45, 7) is 8.05. The topological polar surface area (TPSA) is 34.4 Å². The molecule has 0 aromatic carbocycles. The van der Waals surface area contributed by atoms with Gasteiger partial charge in [-0.3, -0.25) is 0 Å². The molecule has 0 spiro atoms. The second-order valence-electron chi connectivity index (χ2n) is 4.78. The first-order chi connectivity index (χ1) is 8.25. The van der Waals surface area contributed by atoms with Gasteiger partial charge in [-0.2, -0.15) is 0 Å². The van der Waals surface area contributed by atoms with Crippen molar-refractivity contribution < 1.29 is 9.15 Å². The first kappa shape index (κ1) is 12.4. The van der Waals surface area contributed by atoms with Crippen LogP contribution in [0.25, 0.3) is 0 Å². The monoisotopic (exact) mass is 235 g/mol. The summed E-state index contributed by atoms with van der Waals surface area (Å²) in [4.78, 5) is 0. The molecule has 1 aromatic heterocycles. The lowest BCUT2D eigenvalue weighted by atomic mass is 10.2. The van der Waals surface area contributed by atoms with E-state index in [4.69, 9.17) is 9.15 Å². The van der Waals surface area contributed by atoms with E-state index in [0.29, 0.717) is 12.6 Å². The van der Waals surface area contributed by atoms with E-state index >= 15 is 0 Å². The van der Waals surface area contributed by atoms with E-state index in [0.717, 1.165) is 36.5 Å². The molecule has 0 unspecified atom stereocenters. The summed E-state index contributed by atoms with van der Waals surface area (Å²) >= 11 is 0. The fraction of sp³-hybridized carbons (Fsp3) is 0.571. The summed E-state index contributed by atoms with van der Waals surface area (Å²) in [6, 6.07) is 2.70. The van der Waals surface area contributed by atoms with Crippen LogP contribution in [0.5, 0.6) is 0 Å². The van der Waals surface area contributed by atoms with Gasteiger partial charge in [0.2, 0.25) is 0 Å². The number of furan rings is 1. The zero-order valence-electron chi connectivity index (χ0n) is 10.5. The molecule has 1 aliphatic carbocycles. The van der Waals surface area contributed by atoms with Gasteiger partial charge in [-0.1, -0.05) is 5.57 Å². The molecule has 1 heterocycles. The van der Waals surface area contributed by atoms with Gasteiger partial charge in [-0.15, -0.1) is 6.58 Å². The number of hydrogen-bond donors (Lipinski definition) is 1. The van der Waals surface area contributed by atoms with E-state index in [1.54, 1.807) is 6.26 Å². The first-order valence-electron chi connectivity index (χ1n) is 6.26. The molecular formula is C14H21NO2. The highest BCUT2D eigenvalue weighted by molar-refractivity contribution is 5.16. The SMILES string of the molecule is C=C(C)CCOCc1ccoc1CNC1CC1. The summed E-state index contributed by atoms with van der Waals surface area (Å²) in [5.41, 5.74) is 2.31. The lowest BCUT2D eigenvalue weighted by Crippen LogP contribution is -2.15. The van der Waals surface area contributed by atoms with Crippen LogP contribution in [0, 0.1) is 0 Å². The Hall–Kier alpha value is -1.06. The molecule has 1 fully saturated rings. The van der Waals surface area contributed by atoms with Gasteiger partial charge >= 0.3 is 0 Å². The van der Waals surface area contributed by atoms with Crippen LogP contribution in [0.1, 0.15) is 37.5 Å². The maximum absolute atomic E-state index is 5.60. The molecule has 3 heteroatoms. The normalized spacial score (nSPS) is 15.1. The summed E-state index contributed by atoms with van der Waals surface area (Å²) in [7, 11) is 0. The lowest BCUT2D eigenvalue weighted by molar-refractivity contribution is 0.122. The third kappa shape index (κ3) is 4.36. The van der Waals surface area contributed by atoms with Crippen molar-refractivity contribution in [3.8, 4) is 0 Å². The minimum atomic E-state index is 0.630. The van der Waals surface area contributed by atoms with Gasteiger partial charge in [0.25, 0.3) is 0 Å². The van der Waals surface area contributed by atoms with Gasteiger partial charge in [0.15, 0.2) is 0 Å². The van der Waals surface area contributed by atoms with Gasteiger partial charge in [-0.25, -0.2) is 0 Å². The van der Waals surface area contributed by atoms with Gasteiger partial charge in [0, 0.05) is 11.6 Å². The molecule has 1 saturated carbocycles. The Morgan fingerprint density at radius 2 is 2.41 bits per heavy atom. The molecule has 0 saturated heterocycles. The van der Waals surface area contributed by atoms with E-state index in [1.807, 2.05) is 13.0 Å². The molecule has 3 nitrogen and oxygen atoms in total. The molecule has 1 N–H and O–H groups in total. The molecule has 0 bridgehead atoms. The molecule has 0 amide bonds. The Kier molecular flexibility index (Phi) is 4.40. The largest absolute Gasteiger partial charge is 0.468 e. The van der Waals surface area contributed by atoms with E-state index in [2.05, 4.69) is 11.9 Å². The van der Waals surface area contributed by atoms with Crippen LogP contribution in [0.3, 0.4) is 0 Å². The van der Waals surface area contributed by atoms with Gasteiger partial charge < -0.3 is 14.5 Å². The predicted molar refractivity (Wildman–Crippen MR) is 67.7 cm³/mol. The minimum Gasteiger partial charge on any atom is -0.468 e. The molecule has 0 atom stereocenters. The van der Waals surface area contributed by atoms with Crippen molar-refractivity contribution in [3.63, 3.8) is 0 Å². The number of hydrogen-bond acceptors (Lipinski definition) is 3.